The number of carbonyl (C=O) groups excluding carboxylic acids is 1. The van der Waals surface area contributed by atoms with Gasteiger partial charge in [0.05, 0.1) is 0 Å². The molecule has 1 N–H and O–H groups in total. The van der Waals surface area contributed by atoms with Gasteiger partial charge < -0.3 is 5.32 Å². The van der Waals surface area contributed by atoms with Crippen LogP contribution in [0.25, 0.3) is 0 Å². The van der Waals surface area contributed by atoms with Crippen molar-refractivity contribution in [3.8, 4) is 0 Å². The van der Waals surface area contributed by atoms with Crippen molar-refractivity contribution >= 4 is 33.4 Å². The van der Waals surface area contributed by atoms with Gasteiger partial charge in [0, 0.05) is 22.0 Å². The van der Waals surface area contributed by atoms with Crippen molar-refractivity contribution < 1.29 is 4.79 Å². The highest BCUT2D eigenvalue weighted by molar-refractivity contribution is 9.09. The van der Waals surface area contributed by atoms with E-state index in [1.54, 1.807) is 12.1 Å². The molecule has 0 saturated heterocycles. The first-order valence-corrected chi connectivity index (χ1v) is 7.05. The Morgan fingerprint density at radius 3 is 2.94 bits per heavy atom. The van der Waals surface area contributed by atoms with Gasteiger partial charge in [0.15, 0.2) is 0 Å². The van der Waals surface area contributed by atoms with Crippen LogP contribution in [0, 0.1) is 12.8 Å². The van der Waals surface area contributed by atoms with Crippen molar-refractivity contribution in [2.45, 2.75) is 24.6 Å². The fraction of sp³-hybridized carbons (Fsp3) is 0.462. The van der Waals surface area contributed by atoms with Gasteiger partial charge >= 0.3 is 0 Å². The first-order chi connectivity index (χ1) is 8.08. The smallest absolute Gasteiger partial charge is 0.251 e. The standard InChI is InChI=1S/C13H15BrClNO/c1-8-2-5-10(15)6-11(8)13(17)16-7-12(14)9-3-4-9/h2,5-6,9,12H,3-4,7H2,1H3,(H,16,17). The average molecular weight is 317 g/mol. The van der Waals surface area contributed by atoms with Gasteiger partial charge in [-0.3, -0.25) is 4.79 Å². The van der Waals surface area contributed by atoms with E-state index in [0.717, 1.165) is 11.5 Å². The zero-order valence-corrected chi connectivity index (χ0v) is 12.0. The molecule has 2 nitrogen and oxygen atoms in total. The molecule has 0 aliphatic heterocycles. The first kappa shape index (κ1) is 12.9. The van der Waals surface area contributed by atoms with Crippen molar-refractivity contribution in [1.29, 1.82) is 0 Å². The van der Waals surface area contributed by atoms with E-state index in [1.807, 2.05) is 13.0 Å². The van der Waals surface area contributed by atoms with E-state index in [1.165, 1.54) is 12.8 Å². The van der Waals surface area contributed by atoms with Crippen LogP contribution in [-0.4, -0.2) is 17.3 Å². The molecule has 17 heavy (non-hydrogen) atoms. The van der Waals surface area contributed by atoms with Crippen LogP contribution in [0.3, 0.4) is 0 Å². The summed E-state index contributed by atoms with van der Waals surface area (Å²) in [6.45, 7) is 2.59. The molecule has 1 fully saturated rings. The lowest BCUT2D eigenvalue weighted by Gasteiger charge is -2.11. The monoisotopic (exact) mass is 315 g/mol. The molecular weight excluding hydrogens is 302 g/mol. The van der Waals surface area contributed by atoms with Crippen LogP contribution in [-0.2, 0) is 0 Å². The molecule has 1 aliphatic rings. The van der Waals surface area contributed by atoms with Gasteiger partial charge in [-0.2, -0.15) is 0 Å². The lowest BCUT2D eigenvalue weighted by atomic mass is 10.1. The number of halogens is 2. The Balaban J connectivity index is 1.96. The van der Waals surface area contributed by atoms with Crippen molar-refractivity contribution in [2.75, 3.05) is 6.54 Å². The highest BCUT2D eigenvalue weighted by atomic mass is 79.9. The highest BCUT2D eigenvalue weighted by Crippen LogP contribution is 2.36. The fourth-order valence-electron chi connectivity index (χ4n) is 1.75. The number of amides is 1. The minimum atomic E-state index is -0.0462. The molecule has 1 atom stereocenters. The molecule has 0 heterocycles. The minimum Gasteiger partial charge on any atom is -0.351 e. The zero-order valence-electron chi connectivity index (χ0n) is 9.67. The van der Waals surface area contributed by atoms with Gasteiger partial charge in [-0.15, -0.1) is 0 Å². The van der Waals surface area contributed by atoms with Gasteiger partial charge in [0.1, 0.15) is 0 Å². The SMILES string of the molecule is Cc1ccc(Cl)cc1C(=O)NCC(Br)C1CC1. The minimum absolute atomic E-state index is 0.0462. The van der Waals surface area contributed by atoms with E-state index < -0.39 is 0 Å². The van der Waals surface area contributed by atoms with Gasteiger partial charge in [0.25, 0.3) is 5.91 Å². The maximum atomic E-state index is 12.0. The Hall–Kier alpha value is -0.540. The van der Waals surface area contributed by atoms with Crippen LogP contribution >= 0.6 is 27.5 Å². The molecule has 1 aromatic carbocycles. The number of hydrogen-bond acceptors (Lipinski definition) is 1. The molecule has 0 spiro atoms. The number of carbonyl (C=O) groups is 1. The highest BCUT2D eigenvalue weighted by Gasteiger charge is 2.29. The van der Waals surface area contributed by atoms with Crippen molar-refractivity contribution in [1.82, 2.24) is 5.32 Å². The van der Waals surface area contributed by atoms with Crippen LogP contribution in [0.5, 0.6) is 0 Å². The summed E-state index contributed by atoms with van der Waals surface area (Å²) in [6, 6.07) is 5.38. The number of nitrogens with one attached hydrogen (secondary N) is 1. The third kappa shape index (κ3) is 3.46. The topological polar surface area (TPSA) is 29.1 Å². The van der Waals surface area contributed by atoms with E-state index in [4.69, 9.17) is 11.6 Å². The zero-order chi connectivity index (χ0) is 12.4. The number of benzene rings is 1. The quantitative estimate of drug-likeness (QED) is 0.846. The Morgan fingerprint density at radius 1 is 1.59 bits per heavy atom. The van der Waals surface area contributed by atoms with E-state index >= 15 is 0 Å². The molecular formula is C13H15BrClNO. The van der Waals surface area contributed by atoms with E-state index in [2.05, 4.69) is 21.2 Å². The normalized spacial score (nSPS) is 16.6. The van der Waals surface area contributed by atoms with E-state index in [9.17, 15) is 4.79 Å². The average Bonchev–Trinajstić information content (AvgIpc) is 3.12. The van der Waals surface area contributed by atoms with Crippen LogP contribution in [0.1, 0.15) is 28.8 Å². The Labute approximate surface area is 115 Å². The molecule has 1 unspecified atom stereocenters. The van der Waals surface area contributed by atoms with Gasteiger partial charge in [-0.25, -0.2) is 0 Å². The van der Waals surface area contributed by atoms with Crippen LogP contribution < -0.4 is 5.32 Å². The lowest BCUT2D eigenvalue weighted by molar-refractivity contribution is 0.0953. The van der Waals surface area contributed by atoms with E-state index in [0.29, 0.717) is 22.0 Å². The second-order valence-electron chi connectivity index (χ2n) is 4.52. The third-order valence-electron chi connectivity index (χ3n) is 3.04. The summed E-state index contributed by atoms with van der Waals surface area (Å²) in [6.07, 6.45) is 2.53. The molecule has 0 radical (unpaired) electrons. The molecule has 0 aromatic heterocycles. The van der Waals surface area contributed by atoms with Gasteiger partial charge in [-0.05, 0) is 43.4 Å². The lowest BCUT2D eigenvalue weighted by Crippen LogP contribution is -2.30. The van der Waals surface area contributed by atoms with Crippen molar-refractivity contribution in [3.05, 3.63) is 34.3 Å². The number of hydrogen-bond donors (Lipinski definition) is 1. The molecule has 1 saturated carbocycles. The van der Waals surface area contributed by atoms with Crippen LogP contribution in [0.15, 0.2) is 18.2 Å². The number of aryl methyl sites for hydroxylation is 1. The second-order valence-corrected chi connectivity index (χ2v) is 6.14. The summed E-state index contributed by atoms with van der Waals surface area (Å²) in [5, 5.41) is 3.54. The molecule has 0 bridgehead atoms. The molecule has 92 valence electrons. The molecule has 4 heteroatoms. The fourth-order valence-corrected chi connectivity index (χ4v) is 2.61. The van der Waals surface area contributed by atoms with Gasteiger partial charge in [0.2, 0.25) is 0 Å². The number of alkyl halides is 1. The maximum Gasteiger partial charge on any atom is 0.251 e. The third-order valence-corrected chi connectivity index (χ3v) is 4.34. The first-order valence-electron chi connectivity index (χ1n) is 5.76. The largest absolute Gasteiger partial charge is 0.351 e. The Morgan fingerprint density at radius 2 is 2.29 bits per heavy atom. The molecule has 1 aromatic rings. The van der Waals surface area contributed by atoms with Crippen molar-refractivity contribution in [2.24, 2.45) is 5.92 Å². The van der Waals surface area contributed by atoms with E-state index in [-0.39, 0.29) is 5.91 Å². The predicted molar refractivity (Wildman–Crippen MR) is 74.0 cm³/mol. The molecule has 1 amide bonds. The number of rotatable bonds is 4. The molecule has 2 rings (SSSR count). The van der Waals surface area contributed by atoms with Crippen LogP contribution in [0.2, 0.25) is 5.02 Å². The predicted octanol–water partition coefficient (Wildman–Crippen LogP) is 3.55. The maximum absolute atomic E-state index is 12.0. The van der Waals surface area contributed by atoms with Crippen LogP contribution in [0.4, 0.5) is 0 Å². The summed E-state index contributed by atoms with van der Waals surface area (Å²) in [5.41, 5.74) is 1.61. The Kier molecular flexibility index (Phi) is 4.10. The summed E-state index contributed by atoms with van der Waals surface area (Å²) < 4.78 is 0. The molecule has 1 aliphatic carbocycles. The summed E-state index contributed by atoms with van der Waals surface area (Å²) in [7, 11) is 0. The summed E-state index contributed by atoms with van der Waals surface area (Å²) in [5.74, 6) is 0.686. The summed E-state index contributed by atoms with van der Waals surface area (Å²) >= 11 is 9.49. The summed E-state index contributed by atoms with van der Waals surface area (Å²) in [4.78, 5) is 12.4. The second kappa shape index (κ2) is 5.40. The van der Waals surface area contributed by atoms with Gasteiger partial charge in [-0.1, -0.05) is 33.6 Å². The van der Waals surface area contributed by atoms with Crippen molar-refractivity contribution in [3.63, 3.8) is 0 Å². The Bertz CT molecular complexity index is 431.